The first-order valence-corrected chi connectivity index (χ1v) is 9.49. The Morgan fingerprint density at radius 3 is 2.15 bits per heavy atom. The highest BCUT2D eigenvalue weighted by molar-refractivity contribution is 8.02. The van der Waals surface area contributed by atoms with E-state index in [2.05, 4.69) is 17.0 Å². The molecule has 130 valence electrons. The van der Waals surface area contributed by atoms with Gasteiger partial charge in [-0.25, -0.2) is 4.99 Å². The summed E-state index contributed by atoms with van der Waals surface area (Å²) in [6.07, 6.45) is 2.03. The first-order chi connectivity index (χ1) is 12.7. The predicted molar refractivity (Wildman–Crippen MR) is 115 cm³/mol. The number of benzene rings is 3. The third kappa shape index (κ3) is 5.25. The van der Waals surface area contributed by atoms with Crippen LogP contribution in [0.5, 0.6) is 0 Å². The molecule has 3 rings (SSSR count). The minimum atomic E-state index is 0.744. The molecule has 0 atom stereocenters. The van der Waals surface area contributed by atoms with Gasteiger partial charge in [0.1, 0.15) is 5.84 Å². The number of hydrogen-bond acceptors (Lipinski definition) is 2. The van der Waals surface area contributed by atoms with Crippen LogP contribution in [0.4, 0.5) is 11.4 Å². The summed E-state index contributed by atoms with van der Waals surface area (Å²) in [4.78, 5) is 8.01. The number of hydrogen-bond donors (Lipinski definition) is 0. The molecular weight excluding hydrogens is 360 g/mol. The summed E-state index contributed by atoms with van der Waals surface area (Å²) in [6.45, 7) is 0. The summed E-state index contributed by atoms with van der Waals surface area (Å²) in [6, 6.07) is 28.0. The SMILES string of the molecule is CN(C(/C=C/Sc1ccc(Cl)cc1)=Nc1ccccc1)c1ccccc1. The highest BCUT2D eigenvalue weighted by atomic mass is 35.5. The number of nitrogens with zero attached hydrogens (tertiary/aromatic N) is 2. The molecule has 0 unspecified atom stereocenters. The fraction of sp³-hybridized carbons (Fsp3) is 0.0455. The highest BCUT2D eigenvalue weighted by Crippen LogP contribution is 2.22. The van der Waals surface area contributed by atoms with Gasteiger partial charge in [0.05, 0.1) is 5.69 Å². The molecule has 0 radical (unpaired) electrons. The van der Waals surface area contributed by atoms with E-state index in [9.17, 15) is 0 Å². The van der Waals surface area contributed by atoms with Gasteiger partial charge in [0.25, 0.3) is 0 Å². The number of anilines is 1. The van der Waals surface area contributed by atoms with Crippen LogP contribution in [0.15, 0.2) is 106 Å². The average molecular weight is 379 g/mol. The van der Waals surface area contributed by atoms with Gasteiger partial charge in [0.2, 0.25) is 0 Å². The standard InChI is InChI=1S/C22H19ClN2S/c1-25(20-10-6-3-7-11-20)22(24-19-8-4-2-5-9-19)16-17-26-21-14-12-18(23)13-15-21/h2-17H,1H3/b17-16+,24-22?. The van der Waals surface area contributed by atoms with Crippen LogP contribution >= 0.6 is 23.4 Å². The van der Waals surface area contributed by atoms with Crippen LogP contribution in [0, 0.1) is 0 Å². The number of thioether (sulfide) groups is 1. The number of halogens is 1. The Kier molecular flexibility index (Phi) is 6.53. The molecular formula is C22H19ClN2S. The number of likely N-dealkylation sites (N-methyl/N-ethyl adjacent to an activating group) is 1. The van der Waals surface area contributed by atoms with Crippen LogP contribution in [0.25, 0.3) is 0 Å². The van der Waals surface area contributed by atoms with Crippen LogP contribution < -0.4 is 4.90 Å². The summed E-state index contributed by atoms with van der Waals surface area (Å²) in [5.41, 5.74) is 2.01. The van der Waals surface area contributed by atoms with Crippen molar-refractivity contribution in [2.75, 3.05) is 11.9 Å². The Labute approximate surface area is 163 Å². The Morgan fingerprint density at radius 1 is 0.885 bits per heavy atom. The lowest BCUT2D eigenvalue weighted by Gasteiger charge is -2.19. The molecule has 0 heterocycles. The summed E-state index contributed by atoms with van der Waals surface area (Å²) in [5.74, 6) is 0.865. The molecule has 4 heteroatoms. The molecule has 3 aromatic carbocycles. The van der Waals surface area contributed by atoms with Crippen molar-refractivity contribution in [3.63, 3.8) is 0 Å². The minimum Gasteiger partial charge on any atom is -0.329 e. The topological polar surface area (TPSA) is 15.6 Å². The lowest BCUT2D eigenvalue weighted by atomic mass is 10.3. The van der Waals surface area contributed by atoms with Gasteiger partial charge >= 0.3 is 0 Å². The monoisotopic (exact) mass is 378 g/mol. The van der Waals surface area contributed by atoms with E-state index in [-0.39, 0.29) is 0 Å². The Hall–Kier alpha value is -2.49. The summed E-state index contributed by atoms with van der Waals surface area (Å²) < 4.78 is 0. The summed E-state index contributed by atoms with van der Waals surface area (Å²) >= 11 is 7.58. The molecule has 0 aliphatic heterocycles. The molecule has 0 N–H and O–H groups in total. The quantitative estimate of drug-likeness (QED) is 0.275. The van der Waals surface area contributed by atoms with Crippen molar-refractivity contribution in [3.8, 4) is 0 Å². The summed E-state index contributed by atoms with van der Waals surface area (Å²) in [5, 5.41) is 2.79. The zero-order chi connectivity index (χ0) is 18.2. The predicted octanol–water partition coefficient (Wildman–Crippen LogP) is 6.81. The molecule has 0 bridgehead atoms. The Morgan fingerprint density at radius 2 is 1.50 bits per heavy atom. The zero-order valence-corrected chi connectivity index (χ0v) is 16.0. The molecule has 0 spiro atoms. The molecule has 0 aliphatic rings. The van der Waals surface area contributed by atoms with E-state index in [1.54, 1.807) is 11.8 Å². The van der Waals surface area contributed by atoms with Gasteiger partial charge in [0.15, 0.2) is 0 Å². The van der Waals surface area contributed by atoms with Gasteiger partial charge in [-0.2, -0.15) is 0 Å². The molecule has 0 saturated heterocycles. The van der Waals surface area contributed by atoms with Gasteiger partial charge in [0, 0.05) is 22.7 Å². The molecule has 0 fully saturated rings. The Balaban J connectivity index is 1.84. The smallest absolute Gasteiger partial charge is 0.133 e. The third-order valence-corrected chi connectivity index (χ3v) is 4.79. The van der Waals surface area contributed by atoms with Gasteiger partial charge in [-0.1, -0.05) is 59.8 Å². The number of rotatable bonds is 5. The van der Waals surface area contributed by atoms with Gasteiger partial charge in [-0.3, -0.25) is 0 Å². The van der Waals surface area contributed by atoms with Crippen molar-refractivity contribution in [2.45, 2.75) is 4.90 Å². The van der Waals surface area contributed by atoms with Crippen molar-refractivity contribution < 1.29 is 0 Å². The number of para-hydroxylation sites is 2. The van der Waals surface area contributed by atoms with Crippen molar-refractivity contribution in [2.24, 2.45) is 4.99 Å². The molecule has 3 aromatic rings. The largest absolute Gasteiger partial charge is 0.329 e. The van der Waals surface area contributed by atoms with Crippen molar-refractivity contribution in [1.82, 2.24) is 0 Å². The van der Waals surface area contributed by atoms with E-state index >= 15 is 0 Å². The second-order valence-electron chi connectivity index (χ2n) is 5.57. The number of aliphatic imine (C=N–C) groups is 1. The van der Waals surface area contributed by atoms with Crippen LogP contribution in [0.3, 0.4) is 0 Å². The first kappa shape index (κ1) is 18.3. The second-order valence-corrected chi connectivity index (χ2v) is 6.99. The summed E-state index contributed by atoms with van der Waals surface area (Å²) in [7, 11) is 2.02. The normalized spacial score (nSPS) is 11.7. The average Bonchev–Trinajstić information content (AvgIpc) is 2.69. The van der Waals surface area contributed by atoms with E-state index in [1.165, 1.54) is 0 Å². The van der Waals surface area contributed by atoms with Gasteiger partial charge < -0.3 is 4.90 Å². The van der Waals surface area contributed by atoms with Crippen molar-refractivity contribution >= 4 is 40.6 Å². The van der Waals surface area contributed by atoms with Crippen molar-refractivity contribution in [1.29, 1.82) is 0 Å². The van der Waals surface area contributed by atoms with Gasteiger partial charge in [-0.15, -0.1) is 0 Å². The maximum atomic E-state index is 5.94. The molecule has 2 nitrogen and oxygen atoms in total. The van der Waals surface area contributed by atoms with E-state index in [0.717, 1.165) is 27.1 Å². The van der Waals surface area contributed by atoms with E-state index in [4.69, 9.17) is 16.6 Å². The first-order valence-electron chi connectivity index (χ1n) is 8.24. The van der Waals surface area contributed by atoms with Crippen LogP contribution in [-0.2, 0) is 0 Å². The molecule has 26 heavy (non-hydrogen) atoms. The highest BCUT2D eigenvalue weighted by Gasteiger charge is 2.06. The maximum absolute atomic E-state index is 5.94. The maximum Gasteiger partial charge on any atom is 0.133 e. The van der Waals surface area contributed by atoms with E-state index in [0.29, 0.717) is 0 Å². The third-order valence-electron chi connectivity index (χ3n) is 3.72. The van der Waals surface area contributed by atoms with Crippen LogP contribution in [0.2, 0.25) is 5.02 Å². The Bertz CT molecular complexity index is 875. The fourth-order valence-corrected chi connectivity index (χ4v) is 3.10. The molecule has 0 saturated carbocycles. The molecule has 0 amide bonds. The van der Waals surface area contributed by atoms with Crippen molar-refractivity contribution in [3.05, 3.63) is 101 Å². The van der Waals surface area contributed by atoms with Gasteiger partial charge in [-0.05, 0) is 60.0 Å². The molecule has 0 aromatic heterocycles. The molecule has 0 aliphatic carbocycles. The van der Waals surface area contributed by atoms with E-state index < -0.39 is 0 Å². The minimum absolute atomic E-state index is 0.744. The zero-order valence-electron chi connectivity index (χ0n) is 14.4. The van der Waals surface area contributed by atoms with Crippen LogP contribution in [-0.4, -0.2) is 12.9 Å². The van der Waals surface area contributed by atoms with Crippen LogP contribution in [0.1, 0.15) is 0 Å². The fourth-order valence-electron chi connectivity index (χ4n) is 2.33. The lowest BCUT2D eigenvalue weighted by molar-refractivity contribution is 1.26. The lowest BCUT2D eigenvalue weighted by Crippen LogP contribution is -2.24. The second kappa shape index (κ2) is 9.27. The number of amidine groups is 1. The van der Waals surface area contributed by atoms with E-state index in [1.807, 2.05) is 91.3 Å².